The Hall–Kier alpha value is -2.25. The molecule has 0 amide bonds. The van der Waals surface area contributed by atoms with Crippen molar-refractivity contribution in [2.75, 3.05) is 6.61 Å². The van der Waals surface area contributed by atoms with E-state index in [1.807, 2.05) is 4.98 Å². The summed E-state index contributed by atoms with van der Waals surface area (Å²) in [5, 5.41) is 10.5. The van der Waals surface area contributed by atoms with Gasteiger partial charge in [-0.1, -0.05) is 0 Å². The molecule has 1 aromatic heterocycles. The van der Waals surface area contributed by atoms with Crippen LogP contribution in [0.15, 0.2) is 11.0 Å². The second-order valence-electron chi connectivity index (χ2n) is 2.43. The summed E-state index contributed by atoms with van der Waals surface area (Å²) in [4.78, 5) is 36.7. The fourth-order valence-corrected chi connectivity index (χ4v) is 0.885. The molecule has 0 aromatic carbocycles. The first-order valence-corrected chi connectivity index (χ1v) is 3.97. The number of carbonyl (C=O) groups excluding carboxylic acids is 1. The summed E-state index contributed by atoms with van der Waals surface area (Å²) in [5.74, 6) is -0.955. The number of H-pyrrole nitrogens is 1. The van der Waals surface area contributed by atoms with E-state index in [-0.39, 0.29) is 6.61 Å². The van der Waals surface area contributed by atoms with Gasteiger partial charge in [-0.2, -0.15) is 4.98 Å². The Morgan fingerprint density at radius 1 is 1.73 bits per heavy atom. The smallest absolute Gasteiger partial charge is 0.362 e. The lowest BCUT2D eigenvalue weighted by atomic mass is 10.3. The number of hydrogen-bond acceptors (Lipinski definition) is 6. The van der Waals surface area contributed by atoms with Crippen LogP contribution in [0, 0.1) is 10.1 Å². The predicted molar refractivity (Wildman–Crippen MR) is 47.5 cm³/mol. The largest absolute Gasteiger partial charge is 0.461 e. The number of nitro groups is 1. The van der Waals surface area contributed by atoms with Gasteiger partial charge in [0.05, 0.1) is 11.5 Å². The number of nitrogens with one attached hydrogen (secondary N) is 1. The van der Waals surface area contributed by atoms with E-state index < -0.39 is 28.0 Å². The summed E-state index contributed by atoms with van der Waals surface area (Å²) in [7, 11) is 0. The summed E-state index contributed by atoms with van der Waals surface area (Å²) in [6.45, 7) is 1.60. The zero-order chi connectivity index (χ0) is 11.4. The molecule has 1 N–H and O–H groups in total. The molecule has 80 valence electrons. The molecule has 1 aromatic rings. The summed E-state index contributed by atoms with van der Waals surface area (Å²) in [6.07, 6.45) is 0.713. The van der Waals surface area contributed by atoms with E-state index in [0.29, 0.717) is 6.20 Å². The number of carbonyl (C=O) groups is 1. The van der Waals surface area contributed by atoms with Crippen LogP contribution in [-0.4, -0.2) is 27.5 Å². The van der Waals surface area contributed by atoms with Crippen molar-refractivity contribution in [1.82, 2.24) is 9.97 Å². The van der Waals surface area contributed by atoms with Gasteiger partial charge in [-0.15, -0.1) is 0 Å². The third kappa shape index (κ3) is 2.36. The average Bonchev–Trinajstić information content (AvgIpc) is 2.17. The zero-order valence-corrected chi connectivity index (χ0v) is 7.72. The van der Waals surface area contributed by atoms with Crippen LogP contribution in [0.2, 0.25) is 0 Å². The maximum Gasteiger partial charge on any atom is 0.362 e. The second-order valence-corrected chi connectivity index (χ2v) is 2.43. The van der Waals surface area contributed by atoms with E-state index >= 15 is 0 Å². The van der Waals surface area contributed by atoms with Gasteiger partial charge in [0.2, 0.25) is 5.69 Å². The molecule has 0 radical (unpaired) electrons. The highest BCUT2D eigenvalue weighted by atomic mass is 16.6. The van der Waals surface area contributed by atoms with Gasteiger partial charge in [0, 0.05) is 0 Å². The van der Waals surface area contributed by atoms with Crippen LogP contribution in [0.3, 0.4) is 0 Å². The first-order valence-electron chi connectivity index (χ1n) is 3.97. The van der Waals surface area contributed by atoms with Crippen molar-refractivity contribution in [3.63, 3.8) is 0 Å². The topological polar surface area (TPSA) is 115 Å². The fraction of sp³-hybridized carbons (Fsp3) is 0.286. The summed E-state index contributed by atoms with van der Waals surface area (Å²) in [5.41, 5.74) is -1.93. The van der Waals surface area contributed by atoms with Gasteiger partial charge in [-0.3, -0.25) is 15.1 Å². The Bertz CT molecular complexity index is 452. The molecule has 0 saturated heterocycles. The maximum absolute atomic E-state index is 11.2. The average molecular weight is 213 g/mol. The van der Waals surface area contributed by atoms with E-state index in [4.69, 9.17) is 0 Å². The van der Waals surface area contributed by atoms with Gasteiger partial charge < -0.3 is 4.74 Å². The van der Waals surface area contributed by atoms with Crippen LogP contribution in [-0.2, 0) is 4.74 Å². The Kier molecular flexibility index (Phi) is 3.11. The highest BCUT2D eigenvalue weighted by molar-refractivity contribution is 5.91. The number of esters is 1. The summed E-state index contributed by atoms with van der Waals surface area (Å²) >= 11 is 0. The van der Waals surface area contributed by atoms with Gasteiger partial charge >= 0.3 is 17.3 Å². The van der Waals surface area contributed by atoms with Gasteiger partial charge in [-0.25, -0.2) is 9.59 Å². The SMILES string of the molecule is CCOC(=O)c1[nH]c(=O)ncc1[N+](=O)[O-]. The van der Waals surface area contributed by atoms with Gasteiger partial charge in [0.1, 0.15) is 6.20 Å². The van der Waals surface area contributed by atoms with Crippen molar-refractivity contribution < 1.29 is 14.5 Å². The maximum atomic E-state index is 11.2. The van der Waals surface area contributed by atoms with Crippen LogP contribution in [0.5, 0.6) is 0 Å². The lowest BCUT2D eigenvalue weighted by molar-refractivity contribution is -0.385. The Morgan fingerprint density at radius 2 is 2.40 bits per heavy atom. The molecular formula is C7H7N3O5. The molecule has 0 saturated carbocycles. The zero-order valence-electron chi connectivity index (χ0n) is 7.72. The molecule has 0 spiro atoms. The molecule has 0 unspecified atom stereocenters. The second kappa shape index (κ2) is 4.31. The van der Waals surface area contributed by atoms with E-state index in [0.717, 1.165) is 0 Å². The van der Waals surface area contributed by atoms with Gasteiger partial charge in [-0.05, 0) is 6.92 Å². The molecule has 15 heavy (non-hydrogen) atoms. The standard InChI is InChI=1S/C7H7N3O5/c1-2-15-6(11)5-4(10(13)14)3-8-7(12)9-5/h3H,2H2,1H3,(H,8,9,12). The van der Waals surface area contributed by atoms with Crippen molar-refractivity contribution >= 4 is 11.7 Å². The number of hydrogen-bond donors (Lipinski definition) is 1. The molecule has 8 nitrogen and oxygen atoms in total. The molecule has 0 aliphatic carbocycles. The van der Waals surface area contributed by atoms with E-state index in [9.17, 15) is 19.7 Å². The Morgan fingerprint density at radius 3 is 2.93 bits per heavy atom. The number of nitrogens with zero attached hydrogens (tertiary/aromatic N) is 2. The molecule has 0 atom stereocenters. The number of aromatic amines is 1. The van der Waals surface area contributed by atoms with Crippen LogP contribution in [0.25, 0.3) is 0 Å². The minimum atomic E-state index is -0.955. The molecule has 0 aliphatic heterocycles. The minimum absolute atomic E-state index is 0.0559. The molecular weight excluding hydrogens is 206 g/mol. The molecule has 0 aliphatic rings. The van der Waals surface area contributed by atoms with E-state index in [2.05, 4.69) is 9.72 Å². The van der Waals surface area contributed by atoms with Gasteiger partial charge in [0.25, 0.3) is 0 Å². The summed E-state index contributed by atoms with van der Waals surface area (Å²) < 4.78 is 4.53. The lowest BCUT2D eigenvalue weighted by Gasteiger charge is -2.00. The first kappa shape index (κ1) is 10.8. The third-order valence-corrected chi connectivity index (χ3v) is 1.47. The van der Waals surface area contributed by atoms with Crippen molar-refractivity contribution in [1.29, 1.82) is 0 Å². The number of rotatable bonds is 3. The number of ether oxygens (including phenoxy) is 1. The van der Waals surface area contributed by atoms with E-state index in [1.54, 1.807) is 6.92 Å². The minimum Gasteiger partial charge on any atom is -0.461 e. The molecule has 0 fully saturated rings. The highest BCUT2D eigenvalue weighted by Gasteiger charge is 2.22. The third-order valence-electron chi connectivity index (χ3n) is 1.47. The van der Waals surface area contributed by atoms with E-state index in [1.165, 1.54) is 0 Å². The highest BCUT2D eigenvalue weighted by Crippen LogP contribution is 2.13. The van der Waals surface area contributed by atoms with Crippen LogP contribution in [0.1, 0.15) is 17.4 Å². The normalized spacial score (nSPS) is 9.67. The van der Waals surface area contributed by atoms with Crippen molar-refractivity contribution in [2.45, 2.75) is 6.92 Å². The quantitative estimate of drug-likeness (QED) is 0.424. The molecule has 1 rings (SSSR count). The van der Waals surface area contributed by atoms with Crippen LogP contribution in [0.4, 0.5) is 5.69 Å². The lowest BCUT2D eigenvalue weighted by Crippen LogP contribution is -2.19. The van der Waals surface area contributed by atoms with Crippen LogP contribution >= 0.6 is 0 Å². The molecule has 1 heterocycles. The molecule has 8 heteroatoms. The monoisotopic (exact) mass is 213 g/mol. The van der Waals surface area contributed by atoms with Crippen molar-refractivity contribution in [3.05, 3.63) is 32.5 Å². The number of aromatic nitrogens is 2. The Balaban J connectivity index is 3.24. The van der Waals surface area contributed by atoms with Crippen molar-refractivity contribution in [3.8, 4) is 0 Å². The van der Waals surface area contributed by atoms with Crippen molar-refractivity contribution in [2.24, 2.45) is 0 Å². The van der Waals surface area contributed by atoms with Gasteiger partial charge in [0.15, 0.2) is 0 Å². The fourth-order valence-electron chi connectivity index (χ4n) is 0.885. The first-order chi connectivity index (χ1) is 7.06. The van der Waals surface area contributed by atoms with Crippen LogP contribution < -0.4 is 5.69 Å². The predicted octanol–water partition coefficient (Wildman–Crippen LogP) is -0.145. The molecule has 0 bridgehead atoms. The summed E-state index contributed by atoms with van der Waals surface area (Å²) in [6, 6.07) is 0. The Labute approximate surface area is 83.1 Å².